The average molecular weight is 898 g/mol. The Hall–Kier alpha value is -6.26. The number of aromatic nitrogens is 3. The largest absolute Gasteiger partial charge is 0.507 e. The summed E-state index contributed by atoms with van der Waals surface area (Å²) in [6.07, 6.45) is 1.66. The van der Waals surface area contributed by atoms with E-state index < -0.39 is 38.2 Å². The van der Waals surface area contributed by atoms with Crippen LogP contribution in [0, 0.1) is 6.85 Å². The Labute approximate surface area is 418 Å². The van der Waals surface area contributed by atoms with Gasteiger partial charge in [0.05, 0.1) is 28.0 Å². The highest BCUT2D eigenvalue weighted by Crippen LogP contribution is 2.46. The van der Waals surface area contributed by atoms with Crippen LogP contribution in [0.2, 0.25) is 0 Å². The third-order valence-electron chi connectivity index (χ3n) is 12.8. The summed E-state index contributed by atoms with van der Waals surface area (Å²) in [5, 5.41) is 12.6. The van der Waals surface area contributed by atoms with E-state index >= 15 is 0 Å². The highest BCUT2D eigenvalue weighted by Gasteiger charge is 2.30. The van der Waals surface area contributed by atoms with E-state index in [0.717, 1.165) is 44.5 Å². The topological polar surface area (TPSA) is 50.9 Å². The van der Waals surface area contributed by atoms with E-state index in [4.69, 9.17) is 26.4 Å². The summed E-state index contributed by atoms with van der Waals surface area (Å²) in [4.78, 5) is 10.4. The minimum absolute atomic E-state index is 0.0950. The molecule has 0 spiro atoms. The lowest BCUT2D eigenvalue weighted by Gasteiger charge is -2.27. The molecule has 0 bridgehead atoms. The molecule has 8 rings (SSSR count). The molecule has 67 heavy (non-hydrogen) atoms. The normalized spacial score (nSPS) is 16.2. The maximum atomic E-state index is 12.6. The second-order valence-electron chi connectivity index (χ2n) is 22.2. The van der Waals surface area contributed by atoms with Crippen molar-refractivity contribution in [1.29, 1.82) is 0 Å². The van der Waals surface area contributed by atoms with E-state index in [1.165, 1.54) is 12.1 Å². The van der Waals surface area contributed by atoms with E-state index in [-0.39, 0.29) is 33.1 Å². The minimum atomic E-state index is -3.39. The van der Waals surface area contributed by atoms with Gasteiger partial charge in [-0.05, 0) is 127 Å². The van der Waals surface area contributed by atoms with Crippen molar-refractivity contribution < 1.29 is 21.6 Å². The number of hydrogen-bond acceptors (Lipinski definition) is 3. The molecule has 1 N–H and O–H groups in total. The lowest BCUT2D eigenvalue weighted by atomic mass is 9.79. The van der Waals surface area contributed by atoms with Crippen LogP contribution in [-0.2, 0) is 27.1 Å². The second-order valence-corrected chi connectivity index (χ2v) is 22.2. The zero-order valence-corrected chi connectivity index (χ0v) is 41.0. The van der Waals surface area contributed by atoms with Crippen molar-refractivity contribution in [2.45, 2.75) is 138 Å². The molecule has 4 nitrogen and oxygen atoms in total. The molecular weight excluding hydrogens is 815 g/mol. The summed E-state index contributed by atoms with van der Waals surface area (Å²) in [5.41, 5.74) is 7.59. The molecule has 0 fully saturated rings. The molecule has 344 valence electrons. The SMILES string of the molecule is [2H]C([2H])([2H])c1ccc(-n2c(-c3cc(C(C)(C)C)cc(C(C)(C)C)c3O)nc3c(-c4cc(-c5cc(-c6ccc(C(C([2H])([2H])[2H])(C([2H])([2H])[2H])C([2H])([2H])[2H])cc6)ccn5)cc(C(C)(C)C)c4)cccc32)c(-c2ccc(C(C)(C)C)cc2)c1. The van der Waals surface area contributed by atoms with Gasteiger partial charge in [-0.3, -0.25) is 9.55 Å². The first kappa shape index (κ1) is 34.1. The van der Waals surface area contributed by atoms with Crippen LogP contribution >= 0.6 is 0 Å². The molecule has 0 saturated heterocycles. The van der Waals surface area contributed by atoms with Crippen LogP contribution < -0.4 is 0 Å². The lowest BCUT2D eigenvalue weighted by Crippen LogP contribution is -2.17. The molecule has 0 aliphatic heterocycles. The van der Waals surface area contributed by atoms with Gasteiger partial charge >= 0.3 is 0 Å². The predicted octanol–water partition coefficient (Wildman–Crippen LogP) is 17.3. The summed E-state index contributed by atoms with van der Waals surface area (Å²) in [5.74, 6) is 0.560. The van der Waals surface area contributed by atoms with Crippen molar-refractivity contribution in [3.8, 4) is 67.5 Å². The highest BCUT2D eigenvalue weighted by molar-refractivity contribution is 5.98. The fraction of sp³-hybridized carbons (Fsp3) is 0.333. The summed E-state index contributed by atoms with van der Waals surface area (Å²) < 4.78 is 102. The van der Waals surface area contributed by atoms with Gasteiger partial charge < -0.3 is 5.11 Å². The Morgan fingerprint density at radius 1 is 0.478 bits per heavy atom. The van der Waals surface area contributed by atoms with Crippen molar-refractivity contribution in [2.24, 2.45) is 0 Å². The summed E-state index contributed by atoms with van der Waals surface area (Å²) in [6, 6.07) is 39.2. The van der Waals surface area contributed by atoms with Crippen LogP contribution in [0.1, 0.15) is 153 Å². The number of rotatable bonds is 6. The molecule has 0 saturated carbocycles. The van der Waals surface area contributed by atoms with Crippen molar-refractivity contribution in [2.75, 3.05) is 0 Å². The number of phenols is 1. The van der Waals surface area contributed by atoms with Crippen LogP contribution in [0.5, 0.6) is 5.75 Å². The van der Waals surface area contributed by atoms with Crippen LogP contribution in [0.3, 0.4) is 0 Å². The third kappa shape index (κ3) is 9.51. The molecule has 8 aromatic rings. The van der Waals surface area contributed by atoms with Crippen molar-refractivity contribution in [3.63, 3.8) is 0 Å². The Morgan fingerprint density at radius 3 is 1.70 bits per heavy atom. The number of pyridine rings is 1. The first-order valence-corrected chi connectivity index (χ1v) is 23.0. The molecule has 0 aliphatic carbocycles. The molecule has 6 aromatic carbocycles. The van der Waals surface area contributed by atoms with E-state index in [9.17, 15) is 5.11 Å². The molecule has 0 unspecified atom stereocenters. The van der Waals surface area contributed by atoms with Gasteiger partial charge in [0, 0.05) is 44.9 Å². The highest BCUT2D eigenvalue weighted by atomic mass is 16.3. The quantitative estimate of drug-likeness (QED) is 0.181. The average Bonchev–Trinajstić information content (AvgIpc) is 3.85. The standard InChI is InChI=1S/C63H71N3O/c1-39-20-29-54(50(32-39)41-23-27-46(28-24-41)60(5,6)7)66-55-19-17-18-49(56(55)65-58(66)51-37-48(62(11,12)13)38-52(57(51)67)63(14,15)16)43-33-44(35-47(34-43)61(8,9)10)53-36-42(30-31-64-53)40-21-25-45(26-22-40)59(2,3)4/h17-38,67H,1-16H3/i1D3,2D3,3D3,4D3. The zero-order valence-electron chi connectivity index (χ0n) is 53.0. The van der Waals surface area contributed by atoms with Gasteiger partial charge in [-0.15, -0.1) is 0 Å². The van der Waals surface area contributed by atoms with E-state index in [1.807, 2.05) is 53.1 Å². The lowest BCUT2D eigenvalue weighted by molar-refractivity contribution is 0.446. The molecular formula is C63H71N3O. The van der Waals surface area contributed by atoms with Gasteiger partial charge in [0.15, 0.2) is 0 Å². The van der Waals surface area contributed by atoms with Gasteiger partial charge in [0.25, 0.3) is 0 Å². The van der Waals surface area contributed by atoms with Crippen LogP contribution in [0.4, 0.5) is 0 Å². The van der Waals surface area contributed by atoms with Gasteiger partial charge in [0.2, 0.25) is 0 Å². The monoisotopic (exact) mass is 898 g/mol. The van der Waals surface area contributed by atoms with Gasteiger partial charge in [-0.25, -0.2) is 4.98 Å². The number of benzene rings is 6. The van der Waals surface area contributed by atoms with Crippen LogP contribution in [0.25, 0.3) is 72.7 Å². The fourth-order valence-corrected chi connectivity index (χ4v) is 8.72. The van der Waals surface area contributed by atoms with Gasteiger partial charge in [0.1, 0.15) is 11.6 Å². The molecule has 0 atom stereocenters. The van der Waals surface area contributed by atoms with Gasteiger partial charge in [-0.1, -0.05) is 188 Å². The smallest absolute Gasteiger partial charge is 0.149 e. The molecule has 0 aliphatic rings. The first-order chi connectivity index (χ1) is 36.1. The van der Waals surface area contributed by atoms with Crippen LogP contribution in [-0.4, -0.2) is 19.6 Å². The molecule has 0 amide bonds. The van der Waals surface area contributed by atoms with Crippen LogP contribution in [0.15, 0.2) is 134 Å². The number of hydrogen-bond donors (Lipinski definition) is 1. The zero-order chi connectivity index (χ0) is 58.6. The molecule has 2 heterocycles. The molecule has 0 radical (unpaired) electrons. The van der Waals surface area contributed by atoms with E-state index in [1.54, 1.807) is 36.5 Å². The first-order valence-electron chi connectivity index (χ1n) is 29.0. The maximum absolute atomic E-state index is 12.6. The summed E-state index contributed by atoms with van der Waals surface area (Å²) in [7, 11) is 0. The number of para-hydroxylation sites is 1. The van der Waals surface area contributed by atoms with E-state index in [0.29, 0.717) is 50.5 Å². The Balaban J connectivity index is 1.39. The molecule has 2 aromatic heterocycles. The maximum Gasteiger partial charge on any atom is 0.149 e. The number of phenolic OH excluding ortho intramolecular Hbond substituents is 1. The van der Waals surface area contributed by atoms with Gasteiger partial charge in [-0.2, -0.15) is 0 Å². The van der Waals surface area contributed by atoms with Crippen molar-refractivity contribution in [3.05, 3.63) is 167 Å². The predicted molar refractivity (Wildman–Crippen MR) is 286 cm³/mol. The third-order valence-corrected chi connectivity index (χ3v) is 12.8. The number of imidazole rings is 1. The number of nitrogens with zero attached hydrogens (tertiary/aromatic N) is 3. The van der Waals surface area contributed by atoms with Crippen molar-refractivity contribution >= 4 is 11.0 Å². The fourth-order valence-electron chi connectivity index (χ4n) is 8.72. The Bertz CT molecular complexity index is 3550. The Kier molecular flexibility index (Phi) is 8.55. The summed E-state index contributed by atoms with van der Waals surface area (Å²) >= 11 is 0. The Morgan fingerprint density at radius 2 is 1.09 bits per heavy atom. The minimum Gasteiger partial charge on any atom is -0.507 e. The number of fused-ring (bicyclic) bond motifs is 1. The summed E-state index contributed by atoms with van der Waals surface area (Å²) in [6.45, 7) is 12.9. The number of aryl methyl sites for hydroxylation is 1. The molecule has 4 heteroatoms. The number of aromatic hydroxyl groups is 1. The second kappa shape index (κ2) is 16.8. The van der Waals surface area contributed by atoms with Crippen molar-refractivity contribution in [1.82, 2.24) is 14.5 Å². The van der Waals surface area contributed by atoms with E-state index in [2.05, 4.69) is 119 Å².